The summed E-state index contributed by atoms with van der Waals surface area (Å²) in [6.45, 7) is 2.42. The first-order valence-corrected chi connectivity index (χ1v) is 23.6. The van der Waals surface area contributed by atoms with E-state index < -0.39 is 23.9 Å². The van der Waals surface area contributed by atoms with Gasteiger partial charge >= 0.3 is 23.9 Å². The first-order chi connectivity index (χ1) is 23.7. The van der Waals surface area contributed by atoms with Gasteiger partial charge in [-0.25, -0.2) is 0 Å². The van der Waals surface area contributed by atoms with E-state index in [0.29, 0.717) is 0 Å². The maximum atomic E-state index is 10.8. The lowest BCUT2D eigenvalue weighted by atomic mass is 10.1. The van der Waals surface area contributed by atoms with Gasteiger partial charge in [-0.3, -0.25) is 19.2 Å². The van der Waals surface area contributed by atoms with Gasteiger partial charge in [-0.15, -0.1) is 0 Å². The molecule has 10 heteroatoms. The van der Waals surface area contributed by atoms with Crippen molar-refractivity contribution in [1.29, 1.82) is 0 Å². The Balaban J connectivity index is 5.15. The average Bonchev–Trinajstić information content (AvgIpc) is 3.04. The number of aliphatic carboxylic acids is 4. The molecule has 0 unspecified atom stereocenters. The monoisotopic (exact) mass is 732 g/mol. The summed E-state index contributed by atoms with van der Waals surface area (Å²) in [5.41, 5.74) is 0. The average molecular weight is 733 g/mol. The quantitative estimate of drug-likeness (QED) is 0.0360. The smallest absolute Gasteiger partial charge is 0.303 e. The van der Waals surface area contributed by atoms with Crippen molar-refractivity contribution in [3.8, 4) is 0 Å². The highest BCUT2D eigenvalue weighted by atomic mass is 31.2. The lowest BCUT2D eigenvalue weighted by Crippen LogP contribution is -2.12. The number of rotatable bonds is 39. The summed E-state index contributed by atoms with van der Waals surface area (Å²) in [7, 11) is -0.103. The van der Waals surface area contributed by atoms with E-state index in [1.165, 1.54) is 108 Å². The zero-order valence-electron chi connectivity index (χ0n) is 31.2. The predicted octanol–water partition coefficient (Wildman–Crippen LogP) is 11.9. The Bertz CT molecular complexity index is 701. The van der Waals surface area contributed by atoms with Crippen LogP contribution in [0, 0.1) is 0 Å². The zero-order chi connectivity index (χ0) is 36.4. The Morgan fingerprint density at radius 2 is 0.531 bits per heavy atom. The van der Waals surface area contributed by atoms with Gasteiger partial charge in [-0.2, -0.15) is 0 Å². The fourth-order valence-electron chi connectivity index (χ4n) is 6.76. The Morgan fingerprint density at radius 3 is 0.714 bits per heavy atom. The van der Waals surface area contributed by atoms with Crippen LogP contribution in [0.1, 0.15) is 193 Å². The van der Waals surface area contributed by atoms with Crippen molar-refractivity contribution >= 4 is 39.7 Å². The van der Waals surface area contributed by atoms with Gasteiger partial charge in [-0.1, -0.05) is 126 Å². The van der Waals surface area contributed by atoms with Crippen LogP contribution in [0.4, 0.5) is 0 Å². The molecule has 0 saturated carbocycles. The molecule has 0 aliphatic rings. The van der Waals surface area contributed by atoms with E-state index in [1.807, 2.05) is 0 Å². The van der Waals surface area contributed by atoms with Crippen molar-refractivity contribution in [3.05, 3.63) is 0 Å². The van der Waals surface area contributed by atoms with Gasteiger partial charge in [0.2, 0.25) is 0 Å². The van der Waals surface area contributed by atoms with Crippen LogP contribution >= 0.6 is 15.8 Å². The van der Waals surface area contributed by atoms with E-state index in [1.54, 1.807) is 0 Å². The van der Waals surface area contributed by atoms with Gasteiger partial charge in [-0.05, 0) is 87.8 Å². The standard InChI is InChI=1S/C39H74O8P2/c1-2-39(48(31-23-15-7-3-11-19-27-35(40)41)32-24-16-8-4-12-20-28-36(42)43)49(33-25-17-9-5-13-21-29-37(44)45)34-26-18-10-6-14-22-30-38(46)47/h39H,2-34H2,1H3,(H,40,41)(H,42,43)(H,44,45)(H,46,47). The van der Waals surface area contributed by atoms with Crippen LogP contribution in [0.3, 0.4) is 0 Å². The molecule has 288 valence electrons. The van der Waals surface area contributed by atoms with E-state index in [2.05, 4.69) is 6.92 Å². The van der Waals surface area contributed by atoms with Crippen LogP contribution in [0.15, 0.2) is 0 Å². The summed E-state index contributed by atoms with van der Waals surface area (Å²) in [6.07, 6.45) is 34.4. The number of hydrogen-bond donors (Lipinski definition) is 4. The molecule has 0 rings (SSSR count). The fraction of sp³-hybridized carbons (Fsp3) is 0.897. The molecule has 0 fully saturated rings. The maximum Gasteiger partial charge on any atom is 0.303 e. The zero-order valence-corrected chi connectivity index (χ0v) is 33.0. The molecule has 0 aliphatic carbocycles. The van der Waals surface area contributed by atoms with Gasteiger partial charge < -0.3 is 20.4 Å². The molecule has 0 amide bonds. The van der Waals surface area contributed by atoms with Crippen molar-refractivity contribution in [2.75, 3.05) is 24.6 Å². The molecule has 0 radical (unpaired) electrons. The van der Waals surface area contributed by atoms with Gasteiger partial charge in [0.15, 0.2) is 0 Å². The SMILES string of the molecule is CCC(P(CCCCCCCCC(=O)O)CCCCCCCCC(=O)O)P(CCCCCCCCC(=O)O)CCCCCCCCC(=O)O. The van der Waals surface area contributed by atoms with Crippen molar-refractivity contribution in [1.82, 2.24) is 0 Å². The summed E-state index contributed by atoms with van der Waals surface area (Å²) in [5.74, 6) is -2.78. The Labute approximate surface area is 301 Å². The Kier molecular flexibility index (Phi) is 34.3. The second-order valence-corrected chi connectivity index (χ2v) is 19.8. The van der Waals surface area contributed by atoms with Crippen molar-refractivity contribution in [3.63, 3.8) is 0 Å². The van der Waals surface area contributed by atoms with Crippen LogP contribution in [0.5, 0.6) is 0 Å². The third kappa shape index (κ3) is 33.6. The number of hydrogen-bond acceptors (Lipinski definition) is 4. The van der Waals surface area contributed by atoms with E-state index in [4.69, 9.17) is 20.4 Å². The fourth-order valence-corrected chi connectivity index (χ4v) is 15.2. The molecule has 0 atom stereocenters. The molecule has 0 spiro atoms. The minimum absolute atomic E-state index is 0.0514. The number of carboxylic acid groups (broad SMARTS) is 4. The summed E-state index contributed by atoms with van der Waals surface area (Å²) in [4.78, 5) is 43.3. The van der Waals surface area contributed by atoms with Crippen LogP contribution in [-0.4, -0.2) is 74.4 Å². The number of carbonyl (C=O) groups is 4. The topological polar surface area (TPSA) is 149 Å². The molecular formula is C39H74O8P2. The molecule has 4 N–H and O–H groups in total. The molecule has 8 nitrogen and oxygen atoms in total. The van der Waals surface area contributed by atoms with Crippen LogP contribution in [0.25, 0.3) is 0 Å². The van der Waals surface area contributed by atoms with E-state index >= 15 is 0 Å². The third-order valence-corrected chi connectivity index (χ3v) is 17.5. The normalized spacial score (nSPS) is 11.6. The second kappa shape index (κ2) is 35.2. The van der Waals surface area contributed by atoms with E-state index in [9.17, 15) is 19.2 Å². The first kappa shape index (κ1) is 47.7. The van der Waals surface area contributed by atoms with Crippen LogP contribution < -0.4 is 0 Å². The summed E-state index contributed by atoms with van der Waals surface area (Å²) in [5, 5.41) is 36.5. The minimum Gasteiger partial charge on any atom is -0.481 e. The molecule has 0 bridgehead atoms. The molecule has 0 aromatic carbocycles. The highest BCUT2D eigenvalue weighted by Gasteiger charge is 2.26. The lowest BCUT2D eigenvalue weighted by molar-refractivity contribution is -0.138. The van der Waals surface area contributed by atoms with Gasteiger partial charge in [0.05, 0.1) is 0 Å². The van der Waals surface area contributed by atoms with Crippen molar-refractivity contribution in [2.24, 2.45) is 0 Å². The van der Waals surface area contributed by atoms with Crippen LogP contribution in [-0.2, 0) is 19.2 Å². The Morgan fingerprint density at radius 1 is 0.347 bits per heavy atom. The second-order valence-electron chi connectivity index (χ2n) is 14.0. The third-order valence-electron chi connectivity index (χ3n) is 9.55. The predicted molar refractivity (Wildman–Crippen MR) is 207 cm³/mol. The summed E-state index contributed by atoms with van der Waals surface area (Å²) >= 11 is 0. The number of carboxylic acids is 4. The van der Waals surface area contributed by atoms with Crippen molar-refractivity contribution in [2.45, 2.75) is 199 Å². The summed E-state index contributed by atoms with van der Waals surface area (Å²) < 4.78 is 0. The molecule has 0 aliphatic heterocycles. The number of unbranched alkanes of at least 4 members (excludes halogenated alkanes) is 20. The first-order valence-electron chi connectivity index (χ1n) is 20.0. The molecule has 0 aromatic rings. The molecule has 49 heavy (non-hydrogen) atoms. The molecule has 0 saturated heterocycles. The van der Waals surface area contributed by atoms with E-state index in [-0.39, 0.29) is 41.5 Å². The Hall–Kier alpha value is -1.26. The van der Waals surface area contributed by atoms with E-state index in [0.717, 1.165) is 82.4 Å². The largest absolute Gasteiger partial charge is 0.481 e. The maximum absolute atomic E-state index is 10.8. The van der Waals surface area contributed by atoms with Crippen molar-refractivity contribution < 1.29 is 39.6 Å². The van der Waals surface area contributed by atoms with Gasteiger partial charge in [0.1, 0.15) is 0 Å². The van der Waals surface area contributed by atoms with Gasteiger partial charge in [0.25, 0.3) is 0 Å². The van der Waals surface area contributed by atoms with Crippen LogP contribution in [0.2, 0.25) is 0 Å². The van der Waals surface area contributed by atoms with Gasteiger partial charge in [0, 0.05) is 25.7 Å². The molecular weight excluding hydrogens is 658 g/mol. The minimum atomic E-state index is -0.695. The lowest BCUT2D eigenvalue weighted by Gasteiger charge is -2.35. The highest BCUT2D eigenvalue weighted by Crippen LogP contribution is 2.61. The summed E-state index contributed by atoms with van der Waals surface area (Å²) in [6, 6.07) is 0. The molecule has 0 heterocycles. The molecule has 0 aromatic heterocycles. The highest BCUT2D eigenvalue weighted by molar-refractivity contribution is 7.75.